The van der Waals surface area contributed by atoms with Crippen LogP contribution in [-0.2, 0) is 6.18 Å². The van der Waals surface area contributed by atoms with Crippen LogP contribution in [0.25, 0.3) is 5.69 Å². The van der Waals surface area contributed by atoms with E-state index in [4.69, 9.17) is 0 Å². The molecule has 0 bridgehead atoms. The summed E-state index contributed by atoms with van der Waals surface area (Å²) in [6.45, 7) is 3.73. The molecule has 0 saturated heterocycles. The molecule has 184 valence electrons. The van der Waals surface area contributed by atoms with Gasteiger partial charge in [0.15, 0.2) is 0 Å². The van der Waals surface area contributed by atoms with Crippen molar-refractivity contribution in [1.29, 1.82) is 0 Å². The first-order valence-electron chi connectivity index (χ1n) is 10.7. The highest BCUT2D eigenvalue weighted by Gasteiger charge is 2.34. The van der Waals surface area contributed by atoms with Crippen LogP contribution in [-0.4, -0.2) is 21.6 Å². The summed E-state index contributed by atoms with van der Waals surface area (Å²) >= 11 is 0. The smallest absolute Gasteiger partial charge is 0.322 e. The normalized spacial score (nSPS) is 11.3. The molecule has 0 aliphatic rings. The molecule has 10 heteroatoms. The number of halogens is 4. The molecule has 0 spiro atoms. The summed E-state index contributed by atoms with van der Waals surface area (Å²) in [6, 6.07) is 15.8. The van der Waals surface area contributed by atoms with Crippen LogP contribution in [0.4, 0.5) is 28.9 Å². The molecule has 0 fully saturated rings. The van der Waals surface area contributed by atoms with Gasteiger partial charge >= 0.3 is 6.18 Å². The van der Waals surface area contributed by atoms with Gasteiger partial charge in [-0.05, 0) is 86.6 Å². The highest BCUT2D eigenvalue weighted by Crippen LogP contribution is 2.37. The molecular weight excluding hydrogens is 476 g/mol. The van der Waals surface area contributed by atoms with E-state index >= 15 is 0 Å². The van der Waals surface area contributed by atoms with E-state index in [2.05, 4.69) is 15.7 Å². The van der Waals surface area contributed by atoms with Gasteiger partial charge in [-0.1, -0.05) is 0 Å². The van der Waals surface area contributed by atoms with Crippen LogP contribution in [0.3, 0.4) is 0 Å². The lowest BCUT2D eigenvalue weighted by Crippen LogP contribution is -2.18. The number of rotatable bonds is 5. The van der Waals surface area contributed by atoms with Crippen molar-refractivity contribution in [3.63, 3.8) is 0 Å². The summed E-state index contributed by atoms with van der Waals surface area (Å²) in [4.78, 5) is 25.0. The molecule has 3 aromatic carbocycles. The van der Waals surface area contributed by atoms with E-state index in [0.717, 1.165) is 35.7 Å². The number of anilines is 2. The molecule has 1 heterocycles. The van der Waals surface area contributed by atoms with Crippen molar-refractivity contribution in [2.75, 3.05) is 10.6 Å². The van der Waals surface area contributed by atoms with Crippen LogP contribution in [0.15, 0.2) is 72.8 Å². The zero-order valence-electron chi connectivity index (χ0n) is 19.2. The molecule has 2 N–H and O–H groups in total. The van der Waals surface area contributed by atoms with Crippen molar-refractivity contribution in [3.05, 3.63) is 107 Å². The highest BCUT2D eigenvalue weighted by molar-refractivity contribution is 6.06. The van der Waals surface area contributed by atoms with Gasteiger partial charge in [0.1, 0.15) is 5.82 Å². The van der Waals surface area contributed by atoms with Gasteiger partial charge in [-0.3, -0.25) is 9.59 Å². The molecule has 4 aromatic rings. The summed E-state index contributed by atoms with van der Waals surface area (Å²) in [6.07, 6.45) is -4.81. The highest BCUT2D eigenvalue weighted by atomic mass is 19.4. The van der Waals surface area contributed by atoms with Gasteiger partial charge in [0, 0.05) is 22.5 Å². The number of nitrogens with zero attached hydrogens (tertiary/aromatic N) is 2. The van der Waals surface area contributed by atoms with Crippen molar-refractivity contribution in [2.24, 2.45) is 0 Å². The predicted octanol–water partition coefficient (Wildman–Crippen LogP) is 6.15. The van der Waals surface area contributed by atoms with Crippen molar-refractivity contribution in [3.8, 4) is 5.69 Å². The number of nitrogens with one attached hydrogen (secondary N) is 2. The number of aryl methyl sites for hydroxylation is 2. The topological polar surface area (TPSA) is 76.0 Å². The summed E-state index contributed by atoms with van der Waals surface area (Å²) in [5, 5.41) is 9.00. The molecule has 36 heavy (non-hydrogen) atoms. The lowest BCUT2D eigenvalue weighted by Gasteiger charge is -2.16. The standard InChI is InChI=1S/C26H20F4N4O2/c1-15-13-16(2)34(33-15)21-10-5-18(6-11-21)25(36)32-23-12-9-20(14-22(23)26(28,29)30)31-24(35)17-3-7-19(27)8-4-17/h3-14H,1-2H3,(H,31,35)(H,32,36). The number of benzene rings is 3. The van der Waals surface area contributed by atoms with Crippen LogP contribution in [0.1, 0.15) is 37.7 Å². The van der Waals surface area contributed by atoms with Crippen LogP contribution in [0.5, 0.6) is 0 Å². The Hall–Kier alpha value is -4.47. The number of hydrogen-bond donors (Lipinski definition) is 2. The monoisotopic (exact) mass is 496 g/mol. The number of hydrogen-bond acceptors (Lipinski definition) is 3. The van der Waals surface area contributed by atoms with Crippen molar-refractivity contribution < 1.29 is 27.2 Å². The maximum absolute atomic E-state index is 13.8. The van der Waals surface area contributed by atoms with Crippen LogP contribution in [0.2, 0.25) is 0 Å². The number of carbonyl (C=O) groups is 2. The zero-order chi connectivity index (χ0) is 26.0. The van der Waals surface area contributed by atoms with E-state index in [1.54, 1.807) is 16.8 Å². The number of amides is 2. The molecule has 0 unspecified atom stereocenters. The molecule has 6 nitrogen and oxygen atoms in total. The zero-order valence-corrected chi connectivity index (χ0v) is 19.2. The summed E-state index contributed by atoms with van der Waals surface area (Å²) in [5.41, 5.74) is 0.922. The van der Waals surface area contributed by atoms with E-state index in [0.29, 0.717) is 5.69 Å². The fourth-order valence-corrected chi connectivity index (χ4v) is 3.61. The number of aromatic nitrogens is 2. The molecular formula is C26H20F4N4O2. The van der Waals surface area contributed by atoms with Crippen LogP contribution < -0.4 is 10.6 Å². The summed E-state index contributed by atoms with van der Waals surface area (Å²) in [7, 11) is 0. The maximum atomic E-state index is 13.8. The van der Waals surface area contributed by atoms with Crippen molar-refractivity contribution in [1.82, 2.24) is 9.78 Å². The molecule has 4 rings (SSSR count). The Morgan fingerprint density at radius 1 is 0.806 bits per heavy atom. The Kier molecular flexibility index (Phi) is 6.61. The van der Waals surface area contributed by atoms with Crippen LogP contribution in [0, 0.1) is 19.7 Å². The Balaban J connectivity index is 1.54. The van der Waals surface area contributed by atoms with E-state index in [1.807, 2.05) is 19.9 Å². The van der Waals surface area contributed by atoms with Gasteiger partial charge in [0.25, 0.3) is 11.8 Å². The fourth-order valence-electron chi connectivity index (χ4n) is 3.61. The minimum atomic E-state index is -4.81. The van der Waals surface area contributed by atoms with Gasteiger partial charge in [-0.15, -0.1) is 0 Å². The number of alkyl halides is 3. The lowest BCUT2D eigenvalue weighted by molar-refractivity contribution is -0.136. The third-order valence-electron chi connectivity index (χ3n) is 5.32. The third kappa shape index (κ3) is 5.43. The van der Waals surface area contributed by atoms with E-state index in [-0.39, 0.29) is 16.8 Å². The minimum absolute atomic E-state index is 0.0752. The number of carbonyl (C=O) groups excluding carboxylic acids is 2. The van der Waals surface area contributed by atoms with Gasteiger partial charge < -0.3 is 10.6 Å². The molecule has 1 aromatic heterocycles. The fraction of sp³-hybridized carbons (Fsp3) is 0.115. The Morgan fingerprint density at radius 3 is 1.94 bits per heavy atom. The van der Waals surface area contributed by atoms with E-state index in [1.165, 1.54) is 30.3 Å². The third-order valence-corrected chi connectivity index (χ3v) is 5.32. The average Bonchev–Trinajstić information content (AvgIpc) is 3.17. The van der Waals surface area contributed by atoms with Gasteiger partial charge in [0.2, 0.25) is 0 Å². The summed E-state index contributed by atoms with van der Waals surface area (Å²) < 4.78 is 56.0. The average molecular weight is 496 g/mol. The van der Waals surface area contributed by atoms with Gasteiger partial charge in [-0.2, -0.15) is 18.3 Å². The molecule has 0 radical (unpaired) electrons. The van der Waals surface area contributed by atoms with Crippen LogP contribution >= 0.6 is 0 Å². The quantitative estimate of drug-likeness (QED) is 0.326. The first-order valence-corrected chi connectivity index (χ1v) is 10.7. The minimum Gasteiger partial charge on any atom is -0.322 e. The van der Waals surface area contributed by atoms with Crippen molar-refractivity contribution >= 4 is 23.2 Å². The second-order valence-corrected chi connectivity index (χ2v) is 8.06. The largest absolute Gasteiger partial charge is 0.418 e. The SMILES string of the molecule is Cc1cc(C)n(-c2ccc(C(=O)Nc3ccc(NC(=O)c4ccc(F)cc4)cc3C(F)(F)F)cc2)n1. The second kappa shape index (κ2) is 9.65. The van der Waals surface area contributed by atoms with E-state index < -0.39 is 35.1 Å². The molecule has 0 atom stereocenters. The lowest BCUT2D eigenvalue weighted by atomic mass is 10.1. The predicted molar refractivity (Wildman–Crippen MR) is 127 cm³/mol. The maximum Gasteiger partial charge on any atom is 0.418 e. The Morgan fingerprint density at radius 2 is 1.39 bits per heavy atom. The molecule has 2 amide bonds. The van der Waals surface area contributed by atoms with Crippen molar-refractivity contribution in [2.45, 2.75) is 20.0 Å². The van der Waals surface area contributed by atoms with E-state index in [9.17, 15) is 27.2 Å². The first-order chi connectivity index (χ1) is 17.0. The molecule has 0 aliphatic heterocycles. The van der Waals surface area contributed by atoms with Gasteiger partial charge in [-0.25, -0.2) is 9.07 Å². The Labute approximate surface area is 203 Å². The molecule has 0 saturated carbocycles. The Bertz CT molecular complexity index is 1430. The first kappa shape index (κ1) is 24.6. The molecule has 0 aliphatic carbocycles. The second-order valence-electron chi connectivity index (χ2n) is 8.06. The summed E-state index contributed by atoms with van der Waals surface area (Å²) in [5.74, 6) is -1.99. The van der Waals surface area contributed by atoms with Gasteiger partial charge in [0.05, 0.1) is 22.6 Å².